The summed E-state index contributed by atoms with van der Waals surface area (Å²) in [6.45, 7) is 1.85. The molecule has 2 rings (SSSR count). The van der Waals surface area contributed by atoms with E-state index >= 15 is 0 Å². The molecule has 84 valence electrons. The molecule has 0 spiro atoms. The van der Waals surface area contributed by atoms with Gasteiger partial charge in [0.05, 0.1) is 14.4 Å². The van der Waals surface area contributed by atoms with Crippen molar-refractivity contribution in [2.75, 3.05) is 5.73 Å². The second-order valence-corrected chi connectivity index (χ2v) is 6.69. The fraction of sp³-hybridized carbons (Fsp3) is 0.100. The van der Waals surface area contributed by atoms with Gasteiger partial charge in [0, 0.05) is 4.88 Å². The first kappa shape index (κ1) is 11.6. The molecule has 0 aliphatic heterocycles. The van der Waals surface area contributed by atoms with Crippen LogP contribution in [0.4, 0.5) is 5.69 Å². The van der Waals surface area contributed by atoms with Gasteiger partial charge in [-0.25, -0.2) is 4.79 Å². The molecule has 0 saturated heterocycles. The van der Waals surface area contributed by atoms with Crippen LogP contribution in [0.1, 0.15) is 15.2 Å². The second-order valence-electron chi connectivity index (χ2n) is 3.21. The van der Waals surface area contributed by atoms with Crippen molar-refractivity contribution in [3.8, 4) is 9.75 Å². The molecular formula is C10H8BrNO2S2. The Morgan fingerprint density at radius 1 is 1.44 bits per heavy atom. The molecule has 0 atom stereocenters. The Morgan fingerprint density at radius 3 is 2.56 bits per heavy atom. The number of halogens is 1. The first-order valence-electron chi connectivity index (χ1n) is 4.38. The molecule has 3 nitrogen and oxygen atoms in total. The summed E-state index contributed by atoms with van der Waals surface area (Å²) in [5, 5.41) is 8.98. The SMILES string of the molecule is Cc1c(-c2ccc(Br)s2)sc(C(=O)O)c1N. The fourth-order valence-electron chi connectivity index (χ4n) is 1.36. The van der Waals surface area contributed by atoms with Crippen LogP contribution in [0.5, 0.6) is 0 Å². The van der Waals surface area contributed by atoms with Crippen LogP contribution in [0.2, 0.25) is 0 Å². The molecule has 3 N–H and O–H groups in total. The standard InChI is InChI=1S/C10H8BrNO2S2/c1-4-7(12)9(10(13)14)16-8(4)5-2-3-6(11)15-5/h2-3H,12H2,1H3,(H,13,14). The van der Waals surface area contributed by atoms with Crippen LogP contribution < -0.4 is 5.73 Å². The quantitative estimate of drug-likeness (QED) is 0.884. The zero-order chi connectivity index (χ0) is 11.9. The Labute approximate surface area is 109 Å². The predicted molar refractivity (Wildman–Crippen MR) is 71.4 cm³/mol. The molecule has 2 heterocycles. The lowest BCUT2D eigenvalue weighted by atomic mass is 10.2. The lowest BCUT2D eigenvalue weighted by Gasteiger charge is -1.94. The highest BCUT2D eigenvalue weighted by Crippen LogP contribution is 2.41. The van der Waals surface area contributed by atoms with Gasteiger partial charge >= 0.3 is 5.97 Å². The van der Waals surface area contributed by atoms with E-state index in [1.165, 1.54) is 11.3 Å². The largest absolute Gasteiger partial charge is 0.477 e. The van der Waals surface area contributed by atoms with Gasteiger partial charge in [-0.15, -0.1) is 22.7 Å². The number of aromatic carboxylic acids is 1. The number of carboxylic acids is 1. The van der Waals surface area contributed by atoms with Crippen molar-refractivity contribution in [1.82, 2.24) is 0 Å². The Bertz CT molecular complexity index is 559. The zero-order valence-corrected chi connectivity index (χ0v) is 11.5. The molecule has 0 fully saturated rings. The summed E-state index contributed by atoms with van der Waals surface area (Å²) in [7, 11) is 0. The Balaban J connectivity index is 2.58. The number of nitrogen functional groups attached to an aromatic ring is 1. The van der Waals surface area contributed by atoms with Gasteiger partial charge in [-0.1, -0.05) is 0 Å². The molecule has 0 unspecified atom stereocenters. The first-order valence-corrected chi connectivity index (χ1v) is 6.81. The van der Waals surface area contributed by atoms with E-state index < -0.39 is 5.97 Å². The second kappa shape index (κ2) is 4.20. The molecule has 0 aliphatic rings. The molecule has 2 aromatic rings. The van der Waals surface area contributed by atoms with Crippen LogP contribution in [0.3, 0.4) is 0 Å². The van der Waals surface area contributed by atoms with Crippen molar-refractivity contribution in [3.63, 3.8) is 0 Å². The van der Waals surface area contributed by atoms with Crippen LogP contribution in [0, 0.1) is 6.92 Å². The molecular weight excluding hydrogens is 310 g/mol. The number of rotatable bonds is 2. The maximum Gasteiger partial charge on any atom is 0.348 e. The van der Waals surface area contributed by atoms with Crippen LogP contribution in [-0.4, -0.2) is 11.1 Å². The molecule has 16 heavy (non-hydrogen) atoms. The van der Waals surface area contributed by atoms with E-state index in [0.29, 0.717) is 5.69 Å². The summed E-state index contributed by atoms with van der Waals surface area (Å²) >= 11 is 6.18. The van der Waals surface area contributed by atoms with Gasteiger partial charge in [0.1, 0.15) is 4.88 Å². The van der Waals surface area contributed by atoms with Crippen molar-refractivity contribution < 1.29 is 9.90 Å². The van der Waals surface area contributed by atoms with Gasteiger partial charge < -0.3 is 10.8 Å². The van der Waals surface area contributed by atoms with Gasteiger partial charge in [-0.3, -0.25) is 0 Å². The van der Waals surface area contributed by atoms with Crippen molar-refractivity contribution in [2.45, 2.75) is 6.92 Å². The molecule has 0 bridgehead atoms. The first-order chi connectivity index (χ1) is 7.50. The summed E-state index contributed by atoms with van der Waals surface area (Å²) in [6, 6.07) is 3.90. The van der Waals surface area contributed by atoms with Gasteiger partial charge in [-0.2, -0.15) is 0 Å². The molecule has 0 amide bonds. The number of carbonyl (C=O) groups is 1. The fourth-order valence-corrected chi connectivity index (χ4v) is 3.98. The smallest absolute Gasteiger partial charge is 0.348 e. The lowest BCUT2D eigenvalue weighted by Crippen LogP contribution is -1.97. The van der Waals surface area contributed by atoms with E-state index in [2.05, 4.69) is 15.9 Å². The van der Waals surface area contributed by atoms with E-state index in [-0.39, 0.29) is 4.88 Å². The number of thiophene rings is 2. The Kier molecular flexibility index (Phi) is 3.05. The summed E-state index contributed by atoms with van der Waals surface area (Å²) in [5.41, 5.74) is 6.99. The monoisotopic (exact) mass is 317 g/mol. The predicted octanol–water partition coefficient (Wildman–Crippen LogP) is 3.83. The van der Waals surface area contributed by atoms with Crippen LogP contribution >= 0.6 is 38.6 Å². The van der Waals surface area contributed by atoms with E-state index in [4.69, 9.17) is 10.8 Å². The molecule has 0 saturated carbocycles. The van der Waals surface area contributed by atoms with E-state index in [0.717, 1.165) is 19.1 Å². The Hall–Kier alpha value is -0.850. The number of hydrogen-bond donors (Lipinski definition) is 2. The minimum Gasteiger partial charge on any atom is -0.477 e. The van der Waals surface area contributed by atoms with Crippen LogP contribution in [-0.2, 0) is 0 Å². The minimum absolute atomic E-state index is 0.219. The van der Waals surface area contributed by atoms with E-state index in [9.17, 15) is 4.79 Å². The third kappa shape index (κ3) is 1.88. The van der Waals surface area contributed by atoms with Crippen molar-refractivity contribution in [1.29, 1.82) is 0 Å². The highest BCUT2D eigenvalue weighted by Gasteiger charge is 2.19. The van der Waals surface area contributed by atoms with E-state index in [1.807, 2.05) is 19.1 Å². The van der Waals surface area contributed by atoms with Crippen molar-refractivity contribution in [2.24, 2.45) is 0 Å². The van der Waals surface area contributed by atoms with Gasteiger partial charge in [-0.05, 0) is 40.5 Å². The highest BCUT2D eigenvalue weighted by molar-refractivity contribution is 9.11. The summed E-state index contributed by atoms with van der Waals surface area (Å²) in [5.74, 6) is -0.965. The van der Waals surface area contributed by atoms with Crippen LogP contribution in [0.25, 0.3) is 9.75 Å². The highest BCUT2D eigenvalue weighted by atomic mass is 79.9. The van der Waals surface area contributed by atoms with E-state index in [1.54, 1.807) is 11.3 Å². The van der Waals surface area contributed by atoms with Gasteiger partial charge in [0.2, 0.25) is 0 Å². The molecule has 2 aromatic heterocycles. The number of anilines is 1. The molecule has 0 aromatic carbocycles. The van der Waals surface area contributed by atoms with Gasteiger partial charge in [0.25, 0.3) is 0 Å². The molecule has 0 aliphatic carbocycles. The Morgan fingerprint density at radius 2 is 2.12 bits per heavy atom. The van der Waals surface area contributed by atoms with Crippen molar-refractivity contribution in [3.05, 3.63) is 26.4 Å². The van der Waals surface area contributed by atoms with Crippen molar-refractivity contribution >= 4 is 50.3 Å². The molecule has 6 heteroatoms. The van der Waals surface area contributed by atoms with Gasteiger partial charge in [0.15, 0.2) is 0 Å². The number of hydrogen-bond acceptors (Lipinski definition) is 4. The average molecular weight is 318 g/mol. The number of nitrogens with two attached hydrogens (primary N) is 1. The van der Waals surface area contributed by atoms with Crippen LogP contribution in [0.15, 0.2) is 15.9 Å². The number of carboxylic acid groups (broad SMARTS) is 1. The average Bonchev–Trinajstić information content (AvgIpc) is 2.74. The third-order valence-corrected chi connectivity index (χ3v) is 5.28. The maximum atomic E-state index is 10.9. The normalized spacial score (nSPS) is 10.6. The lowest BCUT2D eigenvalue weighted by molar-refractivity contribution is 0.0703. The third-order valence-electron chi connectivity index (χ3n) is 2.18. The minimum atomic E-state index is -0.965. The summed E-state index contributed by atoms with van der Waals surface area (Å²) in [6.07, 6.45) is 0. The molecule has 0 radical (unpaired) electrons. The summed E-state index contributed by atoms with van der Waals surface area (Å²) in [4.78, 5) is 13.1. The summed E-state index contributed by atoms with van der Waals surface area (Å²) < 4.78 is 1.02. The maximum absolute atomic E-state index is 10.9. The zero-order valence-electron chi connectivity index (χ0n) is 8.28. The topological polar surface area (TPSA) is 63.3 Å².